The molecule has 13 heavy (non-hydrogen) atoms. The SMILES string of the molecule is C=C1CCCC(C)(C)C1/C=C/CC. The Morgan fingerprint density at radius 3 is 2.77 bits per heavy atom. The summed E-state index contributed by atoms with van der Waals surface area (Å²) in [6, 6.07) is 0. The van der Waals surface area contributed by atoms with Crippen LogP contribution < -0.4 is 0 Å². The van der Waals surface area contributed by atoms with Gasteiger partial charge >= 0.3 is 0 Å². The van der Waals surface area contributed by atoms with Crippen molar-refractivity contribution in [3.63, 3.8) is 0 Å². The van der Waals surface area contributed by atoms with Gasteiger partial charge in [0.1, 0.15) is 0 Å². The van der Waals surface area contributed by atoms with Crippen molar-refractivity contribution in [3.05, 3.63) is 24.3 Å². The Morgan fingerprint density at radius 2 is 2.23 bits per heavy atom. The number of hydrogen-bond donors (Lipinski definition) is 0. The summed E-state index contributed by atoms with van der Waals surface area (Å²) in [5, 5.41) is 0. The first kappa shape index (κ1) is 10.6. The largest absolute Gasteiger partial charge is 0.0992 e. The smallest absolute Gasteiger partial charge is 0.00253 e. The maximum absolute atomic E-state index is 4.19. The van der Waals surface area contributed by atoms with Crippen molar-refractivity contribution in [2.45, 2.75) is 46.5 Å². The Balaban J connectivity index is 2.74. The van der Waals surface area contributed by atoms with Crippen molar-refractivity contribution < 1.29 is 0 Å². The lowest BCUT2D eigenvalue weighted by Gasteiger charge is -2.38. The molecule has 0 heterocycles. The minimum atomic E-state index is 0.432. The summed E-state index contributed by atoms with van der Waals surface area (Å²) in [5.74, 6) is 0.612. The second kappa shape index (κ2) is 4.13. The zero-order valence-corrected chi connectivity index (χ0v) is 9.27. The minimum Gasteiger partial charge on any atom is -0.0992 e. The van der Waals surface area contributed by atoms with Gasteiger partial charge in [-0.15, -0.1) is 0 Å². The fraction of sp³-hybridized carbons (Fsp3) is 0.692. The number of hydrogen-bond acceptors (Lipinski definition) is 0. The molecule has 0 bridgehead atoms. The molecular weight excluding hydrogens is 156 g/mol. The van der Waals surface area contributed by atoms with Crippen molar-refractivity contribution in [3.8, 4) is 0 Å². The van der Waals surface area contributed by atoms with Gasteiger partial charge in [0.15, 0.2) is 0 Å². The molecule has 1 fully saturated rings. The zero-order valence-electron chi connectivity index (χ0n) is 9.27. The van der Waals surface area contributed by atoms with Gasteiger partial charge in [0.25, 0.3) is 0 Å². The third-order valence-electron chi connectivity index (χ3n) is 3.16. The van der Waals surface area contributed by atoms with Crippen LogP contribution in [0.1, 0.15) is 46.5 Å². The van der Waals surface area contributed by atoms with Gasteiger partial charge in [0.05, 0.1) is 0 Å². The van der Waals surface area contributed by atoms with Crippen LogP contribution in [-0.4, -0.2) is 0 Å². The Hall–Kier alpha value is -0.520. The predicted molar refractivity (Wildman–Crippen MR) is 59.7 cm³/mol. The van der Waals surface area contributed by atoms with E-state index in [-0.39, 0.29) is 0 Å². The molecule has 1 rings (SSSR count). The summed E-state index contributed by atoms with van der Waals surface area (Å²) in [5.41, 5.74) is 1.86. The van der Waals surface area contributed by atoms with Crippen molar-refractivity contribution in [1.82, 2.24) is 0 Å². The third kappa shape index (κ3) is 2.46. The number of allylic oxidation sites excluding steroid dienone is 3. The van der Waals surface area contributed by atoms with E-state index in [9.17, 15) is 0 Å². The monoisotopic (exact) mass is 178 g/mol. The molecule has 74 valence electrons. The summed E-state index contributed by atoms with van der Waals surface area (Å²) in [6.07, 6.45) is 9.67. The van der Waals surface area contributed by atoms with E-state index in [2.05, 4.69) is 39.5 Å². The summed E-state index contributed by atoms with van der Waals surface area (Å²) >= 11 is 0. The second-order valence-electron chi connectivity index (χ2n) is 4.81. The normalized spacial score (nSPS) is 28.2. The van der Waals surface area contributed by atoms with Crippen LogP contribution in [0.3, 0.4) is 0 Å². The molecule has 0 nitrogen and oxygen atoms in total. The average Bonchev–Trinajstić information content (AvgIpc) is 2.02. The Labute approximate surface area is 82.7 Å². The van der Waals surface area contributed by atoms with Crippen LogP contribution in [-0.2, 0) is 0 Å². The summed E-state index contributed by atoms with van der Waals surface area (Å²) in [4.78, 5) is 0. The van der Waals surface area contributed by atoms with Crippen LogP contribution in [0.2, 0.25) is 0 Å². The van der Waals surface area contributed by atoms with E-state index >= 15 is 0 Å². The fourth-order valence-electron chi connectivity index (χ4n) is 2.30. The van der Waals surface area contributed by atoms with E-state index in [1.54, 1.807) is 0 Å². The molecule has 0 aromatic rings. The van der Waals surface area contributed by atoms with Gasteiger partial charge in [-0.1, -0.05) is 45.1 Å². The maximum atomic E-state index is 4.19. The highest BCUT2D eigenvalue weighted by atomic mass is 14.4. The van der Waals surface area contributed by atoms with E-state index in [4.69, 9.17) is 0 Å². The van der Waals surface area contributed by atoms with Gasteiger partial charge in [-0.25, -0.2) is 0 Å². The molecule has 1 saturated carbocycles. The first-order valence-corrected chi connectivity index (χ1v) is 5.42. The third-order valence-corrected chi connectivity index (χ3v) is 3.16. The molecule has 0 aromatic carbocycles. The van der Waals surface area contributed by atoms with Gasteiger partial charge < -0.3 is 0 Å². The molecule has 0 spiro atoms. The highest BCUT2D eigenvalue weighted by Crippen LogP contribution is 2.43. The lowest BCUT2D eigenvalue weighted by atomic mass is 9.67. The van der Waals surface area contributed by atoms with E-state index < -0.39 is 0 Å². The Bertz CT molecular complexity index is 208. The van der Waals surface area contributed by atoms with Crippen LogP contribution >= 0.6 is 0 Å². The summed E-state index contributed by atoms with van der Waals surface area (Å²) in [7, 11) is 0. The van der Waals surface area contributed by atoms with E-state index in [1.165, 1.54) is 24.8 Å². The quantitative estimate of drug-likeness (QED) is 0.552. The van der Waals surface area contributed by atoms with Gasteiger partial charge in [0, 0.05) is 5.92 Å². The van der Waals surface area contributed by atoms with Crippen LogP contribution in [0.15, 0.2) is 24.3 Å². The molecule has 0 amide bonds. The minimum absolute atomic E-state index is 0.432. The van der Waals surface area contributed by atoms with Crippen molar-refractivity contribution in [2.24, 2.45) is 11.3 Å². The molecule has 0 radical (unpaired) electrons. The first-order valence-electron chi connectivity index (χ1n) is 5.42. The highest BCUT2D eigenvalue weighted by Gasteiger charge is 2.32. The van der Waals surface area contributed by atoms with Gasteiger partial charge in [0.2, 0.25) is 0 Å². The molecule has 0 aromatic heterocycles. The standard InChI is InChI=1S/C13H22/c1-5-6-9-12-11(2)8-7-10-13(12,3)4/h6,9,12H,2,5,7-8,10H2,1,3-4H3/b9-6+. The van der Waals surface area contributed by atoms with Gasteiger partial charge in [-0.3, -0.25) is 0 Å². The lowest BCUT2D eigenvalue weighted by Crippen LogP contribution is -2.27. The molecule has 1 aliphatic carbocycles. The molecule has 1 aliphatic rings. The highest BCUT2D eigenvalue weighted by molar-refractivity contribution is 5.16. The Kier molecular flexibility index (Phi) is 3.35. The molecule has 1 atom stereocenters. The van der Waals surface area contributed by atoms with Crippen molar-refractivity contribution in [2.75, 3.05) is 0 Å². The first-order chi connectivity index (χ1) is 6.08. The molecule has 0 N–H and O–H groups in total. The second-order valence-corrected chi connectivity index (χ2v) is 4.81. The topological polar surface area (TPSA) is 0 Å². The predicted octanol–water partition coefficient (Wildman–Crippen LogP) is 4.34. The van der Waals surface area contributed by atoms with Crippen LogP contribution in [0, 0.1) is 11.3 Å². The van der Waals surface area contributed by atoms with E-state index in [0.29, 0.717) is 11.3 Å². The van der Waals surface area contributed by atoms with E-state index in [0.717, 1.165) is 6.42 Å². The van der Waals surface area contributed by atoms with Crippen LogP contribution in [0.5, 0.6) is 0 Å². The average molecular weight is 178 g/mol. The maximum Gasteiger partial charge on any atom is 0.00253 e. The summed E-state index contributed by atoms with van der Waals surface area (Å²) < 4.78 is 0. The van der Waals surface area contributed by atoms with Crippen LogP contribution in [0.25, 0.3) is 0 Å². The zero-order chi connectivity index (χ0) is 9.90. The molecule has 0 heteroatoms. The lowest BCUT2D eigenvalue weighted by molar-refractivity contribution is 0.228. The molecular formula is C13H22. The van der Waals surface area contributed by atoms with E-state index in [1.807, 2.05) is 0 Å². The summed E-state index contributed by atoms with van der Waals surface area (Å²) in [6.45, 7) is 11.1. The molecule has 1 unspecified atom stereocenters. The van der Waals surface area contributed by atoms with Gasteiger partial charge in [-0.05, 0) is 31.1 Å². The fourth-order valence-corrected chi connectivity index (χ4v) is 2.30. The van der Waals surface area contributed by atoms with Crippen molar-refractivity contribution >= 4 is 0 Å². The number of rotatable bonds is 2. The molecule has 0 saturated heterocycles. The Morgan fingerprint density at radius 1 is 1.54 bits per heavy atom. The van der Waals surface area contributed by atoms with Crippen LogP contribution in [0.4, 0.5) is 0 Å². The van der Waals surface area contributed by atoms with Crippen molar-refractivity contribution in [1.29, 1.82) is 0 Å². The molecule has 0 aliphatic heterocycles. The van der Waals surface area contributed by atoms with Gasteiger partial charge in [-0.2, -0.15) is 0 Å².